The second kappa shape index (κ2) is 7.36. The van der Waals surface area contributed by atoms with Gasteiger partial charge in [0.05, 0.1) is 22.7 Å². The quantitative estimate of drug-likeness (QED) is 0.724. The van der Waals surface area contributed by atoms with Gasteiger partial charge >= 0.3 is 0 Å². The zero-order valence-corrected chi connectivity index (χ0v) is 16.9. The number of likely N-dealkylation sites (tertiary alicyclic amines) is 1. The Labute approximate surface area is 174 Å². The van der Waals surface area contributed by atoms with E-state index < -0.39 is 6.10 Å². The summed E-state index contributed by atoms with van der Waals surface area (Å²) in [5.41, 5.74) is 2.89. The summed E-state index contributed by atoms with van der Waals surface area (Å²) in [4.78, 5) is 31.8. The van der Waals surface area contributed by atoms with Crippen molar-refractivity contribution >= 4 is 22.6 Å². The van der Waals surface area contributed by atoms with E-state index in [0.29, 0.717) is 48.5 Å². The maximum Gasteiger partial charge on any atom is 0.258 e. The van der Waals surface area contributed by atoms with Crippen molar-refractivity contribution in [1.29, 1.82) is 0 Å². The Balaban J connectivity index is 1.39. The lowest BCUT2D eigenvalue weighted by atomic mass is 9.93. The molecule has 2 atom stereocenters. The molecule has 0 unspecified atom stereocenters. The highest BCUT2D eigenvalue weighted by molar-refractivity contribution is 6.10. The smallest absolute Gasteiger partial charge is 0.258 e. The zero-order chi connectivity index (χ0) is 20.8. The molecule has 3 heterocycles. The van der Waals surface area contributed by atoms with E-state index in [2.05, 4.69) is 4.98 Å². The predicted molar refractivity (Wildman–Crippen MR) is 112 cm³/mol. The summed E-state index contributed by atoms with van der Waals surface area (Å²) in [6.45, 7) is 2.45. The Morgan fingerprint density at radius 2 is 2.07 bits per heavy atom. The maximum atomic E-state index is 13.3. The number of para-hydroxylation sites is 1. The fourth-order valence-electron chi connectivity index (χ4n) is 4.86. The molecule has 1 amide bonds. The molecule has 0 radical (unpaired) electrons. The minimum absolute atomic E-state index is 0.0176. The molecule has 30 heavy (non-hydrogen) atoms. The first-order chi connectivity index (χ1) is 14.5. The van der Waals surface area contributed by atoms with Crippen molar-refractivity contribution in [2.24, 2.45) is 5.92 Å². The molecule has 5 rings (SSSR count). The number of aliphatic hydroxyl groups is 1. The molecular formula is C24H24N2O4. The van der Waals surface area contributed by atoms with E-state index in [1.165, 1.54) is 0 Å². The number of nitrogens with zero attached hydrogens (tertiary/aromatic N) is 2. The minimum atomic E-state index is -0.611. The molecule has 6 heteroatoms. The molecule has 6 nitrogen and oxygen atoms in total. The zero-order valence-electron chi connectivity index (χ0n) is 16.9. The number of carbonyl (C=O) groups excluding carboxylic acids is 2. The van der Waals surface area contributed by atoms with Gasteiger partial charge in [-0.25, -0.2) is 0 Å². The number of hydrogen-bond acceptors (Lipinski definition) is 5. The third-order valence-electron chi connectivity index (χ3n) is 6.37. The van der Waals surface area contributed by atoms with Crippen LogP contribution < -0.4 is 0 Å². The van der Waals surface area contributed by atoms with Crippen molar-refractivity contribution in [1.82, 2.24) is 9.88 Å². The van der Waals surface area contributed by atoms with Crippen LogP contribution in [0.25, 0.3) is 10.9 Å². The van der Waals surface area contributed by atoms with Gasteiger partial charge in [-0.3, -0.25) is 14.6 Å². The summed E-state index contributed by atoms with van der Waals surface area (Å²) in [7, 11) is 0. The lowest BCUT2D eigenvalue weighted by Crippen LogP contribution is -2.31. The summed E-state index contributed by atoms with van der Waals surface area (Å²) in [5, 5.41) is 11.8. The Bertz CT molecular complexity index is 1140. The highest BCUT2D eigenvalue weighted by atomic mass is 16.3. The normalized spacial score (nSPS) is 21.3. The lowest BCUT2D eigenvalue weighted by molar-refractivity contribution is 0.0758. The first-order valence-corrected chi connectivity index (χ1v) is 10.5. The number of furan rings is 1. The standard InChI is InChI=1S/C24H24N2O4/c1-14-22(23-19(27)7-4-8-21(23)30-14)24(29)26-12-16(20(28)13-26)11-15-9-10-25-18-6-3-2-5-17(15)18/h2-3,5-6,9-10,16,20,28H,4,7-8,11-13H2,1H3/t16-,20+/m1/s1. The molecule has 1 aliphatic heterocycles. The predicted octanol–water partition coefficient (Wildman–Crippen LogP) is 3.33. The van der Waals surface area contributed by atoms with Gasteiger partial charge in [0.1, 0.15) is 11.5 Å². The number of aromatic nitrogens is 1. The molecule has 2 aromatic heterocycles. The van der Waals surface area contributed by atoms with Crippen molar-refractivity contribution in [3.63, 3.8) is 0 Å². The number of Topliss-reactive ketones (excluding diaryl/α,β-unsaturated/α-hetero) is 1. The van der Waals surface area contributed by atoms with E-state index in [0.717, 1.165) is 22.9 Å². The molecule has 0 bridgehead atoms. The van der Waals surface area contributed by atoms with Crippen molar-refractivity contribution in [2.45, 2.75) is 38.7 Å². The average Bonchev–Trinajstić information content (AvgIpc) is 3.28. The van der Waals surface area contributed by atoms with Crippen LogP contribution >= 0.6 is 0 Å². The number of hydrogen-bond donors (Lipinski definition) is 1. The number of carbonyl (C=O) groups is 2. The van der Waals surface area contributed by atoms with Crippen molar-refractivity contribution in [3.8, 4) is 0 Å². The number of ketones is 1. The summed E-state index contributed by atoms with van der Waals surface area (Å²) in [5.74, 6) is 0.827. The monoisotopic (exact) mass is 404 g/mol. The van der Waals surface area contributed by atoms with E-state index in [4.69, 9.17) is 4.42 Å². The number of rotatable bonds is 3. The third-order valence-corrected chi connectivity index (χ3v) is 6.37. The van der Waals surface area contributed by atoms with E-state index in [-0.39, 0.29) is 24.2 Å². The Morgan fingerprint density at radius 1 is 1.23 bits per heavy atom. The molecule has 0 saturated carbocycles. The number of amides is 1. The van der Waals surface area contributed by atoms with Gasteiger partial charge in [-0.2, -0.15) is 0 Å². The molecule has 1 saturated heterocycles. The van der Waals surface area contributed by atoms with Crippen LogP contribution in [0, 0.1) is 12.8 Å². The highest BCUT2D eigenvalue weighted by Gasteiger charge is 2.38. The number of β-amino-alcohol motifs (C(OH)–C–C–N with tert-alkyl or cyclic N) is 1. The summed E-state index contributed by atoms with van der Waals surface area (Å²) >= 11 is 0. The van der Waals surface area contributed by atoms with Gasteiger partial charge in [0, 0.05) is 43.4 Å². The first-order valence-electron chi connectivity index (χ1n) is 10.5. The van der Waals surface area contributed by atoms with Gasteiger partial charge < -0.3 is 14.4 Å². The van der Waals surface area contributed by atoms with Gasteiger partial charge in [0.15, 0.2) is 5.78 Å². The van der Waals surface area contributed by atoms with Gasteiger partial charge in [0.25, 0.3) is 5.91 Å². The van der Waals surface area contributed by atoms with Crippen LogP contribution in [-0.2, 0) is 12.8 Å². The summed E-state index contributed by atoms with van der Waals surface area (Å²) in [6, 6.07) is 9.93. The van der Waals surface area contributed by atoms with Gasteiger partial charge in [-0.05, 0) is 37.5 Å². The van der Waals surface area contributed by atoms with Crippen molar-refractivity contribution in [3.05, 3.63) is 64.7 Å². The molecule has 0 spiro atoms. The summed E-state index contributed by atoms with van der Waals surface area (Å²) < 4.78 is 5.75. The summed E-state index contributed by atoms with van der Waals surface area (Å²) in [6.07, 6.45) is 3.74. The van der Waals surface area contributed by atoms with Crippen LogP contribution in [0.1, 0.15) is 50.6 Å². The Hall–Kier alpha value is -2.99. The van der Waals surface area contributed by atoms with E-state index in [9.17, 15) is 14.7 Å². The van der Waals surface area contributed by atoms with Crippen LogP contribution in [0.3, 0.4) is 0 Å². The average molecular weight is 404 g/mol. The first kappa shape index (κ1) is 19.0. The molecule has 2 aliphatic rings. The topological polar surface area (TPSA) is 83.6 Å². The van der Waals surface area contributed by atoms with Crippen LogP contribution in [-0.4, -0.2) is 45.9 Å². The van der Waals surface area contributed by atoms with Gasteiger partial charge in [-0.15, -0.1) is 0 Å². The number of pyridine rings is 1. The molecule has 1 aromatic carbocycles. The number of fused-ring (bicyclic) bond motifs is 2. The van der Waals surface area contributed by atoms with E-state index >= 15 is 0 Å². The number of aryl methyl sites for hydroxylation is 2. The molecular weight excluding hydrogens is 380 g/mol. The number of aliphatic hydroxyl groups excluding tert-OH is 1. The molecule has 1 fully saturated rings. The van der Waals surface area contributed by atoms with Crippen LogP contribution in [0.15, 0.2) is 40.9 Å². The largest absolute Gasteiger partial charge is 0.465 e. The van der Waals surface area contributed by atoms with Crippen molar-refractivity contribution < 1.29 is 19.1 Å². The SMILES string of the molecule is Cc1oc2c(c1C(=O)N1C[C@@H](Cc3ccnc4ccccc34)[C@@H](O)C1)C(=O)CCC2. The van der Waals surface area contributed by atoms with Gasteiger partial charge in [0.2, 0.25) is 0 Å². The van der Waals surface area contributed by atoms with Crippen LogP contribution in [0.5, 0.6) is 0 Å². The van der Waals surface area contributed by atoms with E-state index in [1.807, 2.05) is 30.3 Å². The van der Waals surface area contributed by atoms with E-state index in [1.54, 1.807) is 18.0 Å². The van der Waals surface area contributed by atoms with Crippen LogP contribution in [0.2, 0.25) is 0 Å². The third kappa shape index (κ3) is 3.12. The molecule has 1 aliphatic carbocycles. The molecule has 154 valence electrons. The Morgan fingerprint density at radius 3 is 2.93 bits per heavy atom. The van der Waals surface area contributed by atoms with Crippen LogP contribution in [0.4, 0.5) is 0 Å². The van der Waals surface area contributed by atoms with Gasteiger partial charge in [-0.1, -0.05) is 18.2 Å². The highest BCUT2D eigenvalue weighted by Crippen LogP contribution is 2.32. The maximum absolute atomic E-state index is 13.3. The molecule has 3 aromatic rings. The fourth-order valence-corrected chi connectivity index (χ4v) is 4.86. The Kier molecular flexibility index (Phi) is 4.66. The second-order valence-electron chi connectivity index (χ2n) is 8.34. The fraction of sp³-hybridized carbons (Fsp3) is 0.375. The van der Waals surface area contributed by atoms with Crippen molar-refractivity contribution in [2.75, 3.05) is 13.1 Å². The minimum Gasteiger partial charge on any atom is -0.465 e. The second-order valence-corrected chi connectivity index (χ2v) is 8.34. The lowest BCUT2D eigenvalue weighted by Gasteiger charge is -2.18. The number of benzene rings is 1. The molecule has 1 N–H and O–H groups in total.